The van der Waals surface area contributed by atoms with E-state index < -0.39 is 0 Å². The van der Waals surface area contributed by atoms with Gasteiger partial charge < -0.3 is 5.73 Å². The van der Waals surface area contributed by atoms with Gasteiger partial charge in [-0.3, -0.25) is 4.98 Å². The van der Waals surface area contributed by atoms with Gasteiger partial charge in [0, 0.05) is 16.8 Å². The Balaban J connectivity index is 2.20. The average Bonchev–Trinajstić information content (AvgIpc) is 2.67. The van der Waals surface area contributed by atoms with Crippen LogP contribution < -0.4 is 5.73 Å². The lowest BCUT2D eigenvalue weighted by Crippen LogP contribution is -2.20. The largest absolute Gasteiger partial charge is 0.322 e. The number of nitrogens with two attached hydrogens (primary N) is 1. The first-order chi connectivity index (χ1) is 7.16. The first-order valence-corrected chi connectivity index (χ1v) is 5.94. The summed E-state index contributed by atoms with van der Waals surface area (Å²) in [5.74, 6) is 0.593. The number of nitrogens with zero attached hydrogens (tertiary/aromatic N) is 1. The highest BCUT2D eigenvalue weighted by Gasteiger charge is 2.24. The fraction of sp³-hybridized carbons (Fsp3) is 0.583. The van der Waals surface area contributed by atoms with Crippen molar-refractivity contribution in [1.82, 2.24) is 4.98 Å². The third-order valence-electron chi connectivity index (χ3n) is 3.19. The van der Waals surface area contributed by atoms with Crippen LogP contribution >= 0.6 is 11.6 Å². The molecule has 2 rings (SSSR count). The quantitative estimate of drug-likeness (QED) is 0.838. The first-order valence-electron chi connectivity index (χ1n) is 5.56. The van der Waals surface area contributed by atoms with Gasteiger partial charge in [0.2, 0.25) is 0 Å². The molecule has 1 aromatic heterocycles. The van der Waals surface area contributed by atoms with Crippen molar-refractivity contribution in [2.75, 3.05) is 0 Å². The summed E-state index contributed by atoms with van der Waals surface area (Å²) < 4.78 is 0. The minimum absolute atomic E-state index is 0.0601. The van der Waals surface area contributed by atoms with Crippen LogP contribution in [-0.2, 0) is 0 Å². The molecule has 1 aliphatic carbocycles. The molecule has 1 atom stereocenters. The van der Waals surface area contributed by atoms with Gasteiger partial charge in [0.1, 0.15) is 0 Å². The number of halogens is 1. The lowest BCUT2D eigenvalue weighted by molar-refractivity contribution is 0.436. The molecular formula is C12H17ClN2. The van der Waals surface area contributed by atoms with Crippen molar-refractivity contribution in [2.45, 2.75) is 38.6 Å². The van der Waals surface area contributed by atoms with Gasteiger partial charge in [-0.1, -0.05) is 24.4 Å². The Bertz CT molecular complexity index is 325. The lowest BCUT2D eigenvalue weighted by Gasteiger charge is -2.18. The van der Waals surface area contributed by atoms with Gasteiger partial charge in [0.15, 0.2) is 0 Å². The van der Waals surface area contributed by atoms with E-state index in [0.717, 1.165) is 16.4 Å². The third kappa shape index (κ3) is 2.50. The molecule has 0 amide bonds. The maximum atomic E-state index is 6.22. The normalized spacial score (nSPS) is 19.4. The Hall–Kier alpha value is -0.600. The van der Waals surface area contributed by atoms with Crippen LogP contribution in [0.3, 0.4) is 0 Å². The van der Waals surface area contributed by atoms with E-state index >= 15 is 0 Å². The molecule has 15 heavy (non-hydrogen) atoms. The molecule has 1 fully saturated rings. The minimum Gasteiger partial charge on any atom is -0.322 e. The Kier molecular flexibility index (Phi) is 3.27. The van der Waals surface area contributed by atoms with Crippen molar-refractivity contribution in [2.24, 2.45) is 11.7 Å². The third-order valence-corrected chi connectivity index (χ3v) is 3.41. The van der Waals surface area contributed by atoms with Crippen molar-refractivity contribution in [3.05, 3.63) is 28.5 Å². The van der Waals surface area contributed by atoms with Gasteiger partial charge in [-0.25, -0.2) is 0 Å². The lowest BCUT2D eigenvalue weighted by atomic mass is 9.96. The summed E-state index contributed by atoms with van der Waals surface area (Å²) in [5.41, 5.74) is 8.12. The molecule has 2 N–H and O–H groups in total. The molecule has 0 radical (unpaired) electrons. The number of aryl methyl sites for hydroxylation is 1. The van der Waals surface area contributed by atoms with Crippen molar-refractivity contribution in [1.29, 1.82) is 0 Å². The Morgan fingerprint density at radius 2 is 2.07 bits per heavy atom. The second-order valence-electron chi connectivity index (χ2n) is 4.42. The van der Waals surface area contributed by atoms with Gasteiger partial charge in [-0.05, 0) is 37.8 Å². The van der Waals surface area contributed by atoms with Gasteiger partial charge >= 0.3 is 0 Å². The zero-order chi connectivity index (χ0) is 10.8. The van der Waals surface area contributed by atoms with Gasteiger partial charge in [0.05, 0.1) is 5.69 Å². The van der Waals surface area contributed by atoms with E-state index in [9.17, 15) is 0 Å². The molecular weight excluding hydrogens is 208 g/mol. The van der Waals surface area contributed by atoms with Crippen LogP contribution in [0.4, 0.5) is 0 Å². The summed E-state index contributed by atoms with van der Waals surface area (Å²) in [4.78, 5) is 4.47. The molecule has 82 valence electrons. The zero-order valence-corrected chi connectivity index (χ0v) is 9.80. The molecule has 0 spiro atoms. The van der Waals surface area contributed by atoms with Crippen LogP contribution in [0.25, 0.3) is 0 Å². The summed E-state index contributed by atoms with van der Waals surface area (Å²) in [6.07, 6.45) is 5.07. The smallest absolute Gasteiger partial charge is 0.0591 e. The van der Waals surface area contributed by atoms with Crippen LogP contribution in [0.15, 0.2) is 12.1 Å². The average molecular weight is 225 g/mol. The maximum absolute atomic E-state index is 6.22. The van der Waals surface area contributed by atoms with Crippen molar-refractivity contribution >= 4 is 11.6 Å². The molecule has 3 heteroatoms. The van der Waals surface area contributed by atoms with E-state index in [1.54, 1.807) is 0 Å². The van der Waals surface area contributed by atoms with Crippen molar-refractivity contribution in [3.8, 4) is 0 Å². The minimum atomic E-state index is 0.0601. The fourth-order valence-corrected chi connectivity index (χ4v) is 2.65. The molecule has 1 aromatic rings. The fourth-order valence-electron chi connectivity index (χ4n) is 2.38. The van der Waals surface area contributed by atoms with E-state index in [4.69, 9.17) is 17.3 Å². The van der Waals surface area contributed by atoms with Gasteiger partial charge in [-0.2, -0.15) is 0 Å². The maximum Gasteiger partial charge on any atom is 0.0591 e. The molecule has 1 heterocycles. The number of hydrogen-bond donors (Lipinski definition) is 1. The summed E-state index contributed by atoms with van der Waals surface area (Å²) in [7, 11) is 0. The summed E-state index contributed by atoms with van der Waals surface area (Å²) in [6.45, 7) is 1.96. The van der Waals surface area contributed by atoms with Crippen LogP contribution in [0.1, 0.15) is 43.1 Å². The van der Waals surface area contributed by atoms with E-state index in [-0.39, 0.29) is 6.04 Å². The monoisotopic (exact) mass is 224 g/mol. The first kappa shape index (κ1) is 10.9. The van der Waals surface area contributed by atoms with Gasteiger partial charge in [0.25, 0.3) is 0 Å². The molecule has 2 nitrogen and oxygen atoms in total. The summed E-state index contributed by atoms with van der Waals surface area (Å²) in [5, 5.41) is 0.742. The Morgan fingerprint density at radius 1 is 1.40 bits per heavy atom. The number of hydrogen-bond acceptors (Lipinski definition) is 2. The predicted octanol–water partition coefficient (Wildman–Crippen LogP) is 3.23. The highest BCUT2D eigenvalue weighted by atomic mass is 35.5. The van der Waals surface area contributed by atoms with Crippen molar-refractivity contribution in [3.63, 3.8) is 0 Å². The molecule has 0 bridgehead atoms. The standard InChI is InChI=1S/C12H17ClN2/c1-8-6-10(13)7-11(15-8)12(14)9-4-2-3-5-9/h6-7,9,12H,2-5,14H2,1H3/t12-/m0/s1. The van der Waals surface area contributed by atoms with E-state index in [1.807, 2.05) is 19.1 Å². The molecule has 0 unspecified atom stereocenters. The van der Waals surface area contributed by atoms with Crippen LogP contribution in [-0.4, -0.2) is 4.98 Å². The topological polar surface area (TPSA) is 38.9 Å². The Morgan fingerprint density at radius 3 is 2.67 bits per heavy atom. The second-order valence-corrected chi connectivity index (χ2v) is 4.86. The second kappa shape index (κ2) is 4.50. The SMILES string of the molecule is Cc1cc(Cl)cc([C@@H](N)C2CCCC2)n1. The van der Waals surface area contributed by atoms with E-state index in [0.29, 0.717) is 5.92 Å². The molecule has 0 aromatic carbocycles. The highest BCUT2D eigenvalue weighted by molar-refractivity contribution is 6.30. The highest BCUT2D eigenvalue weighted by Crippen LogP contribution is 2.34. The van der Waals surface area contributed by atoms with Crippen LogP contribution in [0.5, 0.6) is 0 Å². The summed E-state index contributed by atoms with van der Waals surface area (Å²) in [6, 6.07) is 3.83. The number of rotatable bonds is 2. The summed E-state index contributed by atoms with van der Waals surface area (Å²) >= 11 is 6.01. The molecule has 0 saturated heterocycles. The number of pyridine rings is 1. The molecule has 1 saturated carbocycles. The van der Waals surface area contributed by atoms with Crippen LogP contribution in [0, 0.1) is 12.8 Å². The Labute approximate surface area is 95.8 Å². The van der Waals surface area contributed by atoms with E-state index in [2.05, 4.69) is 4.98 Å². The molecule has 1 aliphatic rings. The van der Waals surface area contributed by atoms with Gasteiger partial charge in [-0.15, -0.1) is 0 Å². The molecule has 0 aliphatic heterocycles. The van der Waals surface area contributed by atoms with Crippen molar-refractivity contribution < 1.29 is 0 Å². The number of aromatic nitrogens is 1. The van der Waals surface area contributed by atoms with E-state index in [1.165, 1.54) is 25.7 Å². The predicted molar refractivity (Wildman–Crippen MR) is 62.9 cm³/mol. The van der Waals surface area contributed by atoms with Crippen LogP contribution in [0.2, 0.25) is 5.02 Å². The zero-order valence-electron chi connectivity index (χ0n) is 9.04.